The van der Waals surface area contributed by atoms with Crippen LogP contribution < -0.4 is 0 Å². The number of aryl methyl sites for hydroxylation is 2. The van der Waals surface area contributed by atoms with Crippen LogP contribution in [0.3, 0.4) is 0 Å². The van der Waals surface area contributed by atoms with Crippen molar-refractivity contribution in [2.75, 3.05) is 0 Å². The highest BCUT2D eigenvalue weighted by Crippen LogP contribution is 2.07. The second kappa shape index (κ2) is 4.10. The van der Waals surface area contributed by atoms with E-state index in [0.29, 0.717) is 12.8 Å². The summed E-state index contributed by atoms with van der Waals surface area (Å²) in [5.41, 5.74) is 0. The Bertz CT molecular complexity index is 396. The maximum atomic E-state index is 10.7. The van der Waals surface area contributed by atoms with Gasteiger partial charge in [0.05, 0.1) is 5.25 Å². The fourth-order valence-corrected chi connectivity index (χ4v) is 1.53. The number of nitrogens with zero attached hydrogens (tertiary/aromatic N) is 2. The van der Waals surface area contributed by atoms with Crippen molar-refractivity contribution in [1.82, 2.24) is 9.55 Å². The Morgan fingerprint density at radius 2 is 2.29 bits per heavy atom. The van der Waals surface area contributed by atoms with Crippen molar-refractivity contribution < 1.29 is 13.0 Å². The Balaban J connectivity index is 2.54. The molecule has 1 heterocycles. The summed E-state index contributed by atoms with van der Waals surface area (Å²) in [6.45, 7) is 1.48. The Kier molecular flexibility index (Phi) is 3.28. The maximum Gasteiger partial charge on any atom is 0.267 e. The molecular weight excluding hydrogens is 204 g/mol. The summed E-state index contributed by atoms with van der Waals surface area (Å²) >= 11 is 0. The molecule has 0 aliphatic rings. The summed E-state index contributed by atoms with van der Waals surface area (Å²) in [6, 6.07) is 0. The third-order valence-electron chi connectivity index (χ3n) is 2.20. The molecule has 0 aliphatic carbocycles. The minimum Gasteiger partial charge on any atom is -0.338 e. The van der Waals surface area contributed by atoms with Crippen LogP contribution in [-0.4, -0.2) is 27.8 Å². The molecule has 0 spiro atoms. The molecule has 1 aromatic heterocycles. The van der Waals surface area contributed by atoms with Crippen LogP contribution in [0.15, 0.2) is 12.4 Å². The normalized spacial score (nSPS) is 14.2. The van der Waals surface area contributed by atoms with Crippen LogP contribution in [-0.2, 0) is 23.6 Å². The van der Waals surface area contributed by atoms with Gasteiger partial charge in [0.15, 0.2) is 0 Å². The highest BCUT2D eigenvalue weighted by Gasteiger charge is 2.17. The van der Waals surface area contributed by atoms with Gasteiger partial charge in [-0.3, -0.25) is 4.55 Å². The van der Waals surface area contributed by atoms with Crippen molar-refractivity contribution in [3.63, 3.8) is 0 Å². The topological polar surface area (TPSA) is 72.2 Å². The average molecular weight is 218 g/mol. The van der Waals surface area contributed by atoms with E-state index in [4.69, 9.17) is 4.55 Å². The van der Waals surface area contributed by atoms with Gasteiger partial charge in [0.1, 0.15) is 5.82 Å². The Hall–Kier alpha value is -0.880. The molecule has 0 radical (unpaired) electrons. The molecule has 1 aromatic rings. The lowest BCUT2D eigenvalue weighted by Gasteiger charge is -2.07. The summed E-state index contributed by atoms with van der Waals surface area (Å²) in [5, 5.41) is -0.737. The zero-order chi connectivity index (χ0) is 10.8. The molecule has 1 unspecified atom stereocenters. The maximum absolute atomic E-state index is 10.7. The standard InChI is InChI=1S/C8H14N2O3S/c1-7(14(11,12)13)3-4-8-9-5-6-10(8)2/h5-7H,3-4H2,1-2H3,(H,11,12,13). The molecule has 80 valence electrons. The van der Waals surface area contributed by atoms with Gasteiger partial charge in [-0.2, -0.15) is 8.42 Å². The van der Waals surface area contributed by atoms with Crippen LogP contribution >= 0.6 is 0 Å². The lowest BCUT2D eigenvalue weighted by molar-refractivity contribution is 0.465. The summed E-state index contributed by atoms with van der Waals surface area (Å²) in [6.07, 6.45) is 4.38. The molecule has 1 N–H and O–H groups in total. The van der Waals surface area contributed by atoms with Crippen LogP contribution in [0.5, 0.6) is 0 Å². The Morgan fingerprint density at radius 1 is 1.64 bits per heavy atom. The monoisotopic (exact) mass is 218 g/mol. The van der Waals surface area contributed by atoms with Crippen molar-refractivity contribution >= 4 is 10.1 Å². The Morgan fingerprint density at radius 3 is 2.71 bits per heavy atom. The zero-order valence-electron chi connectivity index (χ0n) is 8.21. The lowest BCUT2D eigenvalue weighted by Crippen LogP contribution is -2.17. The molecule has 0 amide bonds. The number of hydrogen-bond donors (Lipinski definition) is 1. The number of imidazole rings is 1. The van der Waals surface area contributed by atoms with Crippen LogP contribution in [0.2, 0.25) is 0 Å². The SMILES string of the molecule is CC(CCc1nccn1C)S(=O)(=O)O. The third kappa shape index (κ3) is 2.81. The van der Waals surface area contributed by atoms with E-state index in [0.717, 1.165) is 5.82 Å². The quantitative estimate of drug-likeness (QED) is 0.752. The van der Waals surface area contributed by atoms with Gasteiger partial charge in [0.25, 0.3) is 10.1 Å². The van der Waals surface area contributed by atoms with Crippen molar-refractivity contribution in [3.8, 4) is 0 Å². The van der Waals surface area contributed by atoms with Crippen molar-refractivity contribution in [1.29, 1.82) is 0 Å². The molecule has 1 atom stereocenters. The van der Waals surface area contributed by atoms with Gasteiger partial charge in [-0.05, 0) is 13.3 Å². The molecular formula is C8H14N2O3S. The van der Waals surface area contributed by atoms with Crippen LogP contribution in [0.25, 0.3) is 0 Å². The predicted octanol–water partition coefficient (Wildman–Crippen LogP) is 0.629. The smallest absolute Gasteiger partial charge is 0.267 e. The summed E-state index contributed by atoms with van der Waals surface area (Å²) in [4.78, 5) is 4.06. The van der Waals surface area contributed by atoms with E-state index in [9.17, 15) is 8.42 Å². The number of aromatic nitrogens is 2. The molecule has 0 saturated heterocycles. The van der Waals surface area contributed by atoms with E-state index >= 15 is 0 Å². The van der Waals surface area contributed by atoms with Gasteiger partial charge in [0.2, 0.25) is 0 Å². The van der Waals surface area contributed by atoms with E-state index in [1.54, 1.807) is 12.4 Å². The molecule has 0 saturated carbocycles. The highest BCUT2D eigenvalue weighted by atomic mass is 32.2. The van der Waals surface area contributed by atoms with Crippen molar-refractivity contribution in [2.24, 2.45) is 7.05 Å². The predicted molar refractivity (Wildman–Crippen MR) is 52.5 cm³/mol. The molecule has 0 bridgehead atoms. The van der Waals surface area contributed by atoms with Crippen molar-refractivity contribution in [3.05, 3.63) is 18.2 Å². The van der Waals surface area contributed by atoms with Crippen LogP contribution in [0.1, 0.15) is 19.2 Å². The third-order valence-corrected chi connectivity index (χ3v) is 3.46. The van der Waals surface area contributed by atoms with Crippen LogP contribution in [0.4, 0.5) is 0 Å². The van der Waals surface area contributed by atoms with Gasteiger partial charge in [-0.1, -0.05) is 0 Å². The van der Waals surface area contributed by atoms with Gasteiger partial charge in [0, 0.05) is 25.9 Å². The molecule has 0 fully saturated rings. The molecule has 14 heavy (non-hydrogen) atoms. The first-order chi connectivity index (χ1) is 6.41. The molecule has 0 aliphatic heterocycles. The fourth-order valence-electron chi connectivity index (χ4n) is 1.12. The summed E-state index contributed by atoms with van der Waals surface area (Å²) < 4.78 is 32.0. The first kappa shape index (κ1) is 11.2. The van der Waals surface area contributed by atoms with Gasteiger partial charge in [-0.25, -0.2) is 4.98 Å². The zero-order valence-corrected chi connectivity index (χ0v) is 9.03. The van der Waals surface area contributed by atoms with E-state index in [-0.39, 0.29) is 0 Å². The summed E-state index contributed by atoms with van der Waals surface area (Å²) in [5.74, 6) is 0.820. The highest BCUT2D eigenvalue weighted by molar-refractivity contribution is 7.86. The van der Waals surface area contributed by atoms with E-state index in [2.05, 4.69) is 4.98 Å². The molecule has 6 heteroatoms. The fraction of sp³-hybridized carbons (Fsp3) is 0.625. The van der Waals surface area contributed by atoms with Crippen LogP contribution in [0, 0.1) is 0 Å². The van der Waals surface area contributed by atoms with Gasteiger partial charge < -0.3 is 4.57 Å². The number of rotatable bonds is 4. The van der Waals surface area contributed by atoms with Gasteiger partial charge >= 0.3 is 0 Å². The molecule has 0 aromatic carbocycles. The summed E-state index contributed by atoms with van der Waals surface area (Å²) in [7, 11) is -2.06. The van der Waals surface area contributed by atoms with E-state index in [1.807, 2.05) is 11.6 Å². The Labute approximate surface area is 83.5 Å². The second-order valence-electron chi connectivity index (χ2n) is 3.32. The molecule has 1 rings (SSSR count). The molecule has 5 nitrogen and oxygen atoms in total. The van der Waals surface area contributed by atoms with E-state index in [1.165, 1.54) is 6.92 Å². The second-order valence-corrected chi connectivity index (χ2v) is 5.15. The first-order valence-electron chi connectivity index (χ1n) is 4.33. The van der Waals surface area contributed by atoms with Gasteiger partial charge in [-0.15, -0.1) is 0 Å². The largest absolute Gasteiger partial charge is 0.338 e. The minimum absolute atomic E-state index is 0.379. The first-order valence-corrected chi connectivity index (χ1v) is 5.84. The van der Waals surface area contributed by atoms with Crippen molar-refractivity contribution in [2.45, 2.75) is 25.0 Å². The number of hydrogen-bond acceptors (Lipinski definition) is 3. The minimum atomic E-state index is -3.91. The van der Waals surface area contributed by atoms with E-state index < -0.39 is 15.4 Å². The lowest BCUT2D eigenvalue weighted by atomic mass is 10.2. The average Bonchev–Trinajstić information content (AvgIpc) is 2.45.